The summed E-state index contributed by atoms with van der Waals surface area (Å²) in [5.74, 6) is -0.128. The molecule has 1 saturated carbocycles. The number of ether oxygens (including phenoxy) is 2. The lowest BCUT2D eigenvalue weighted by molar-refractivity contribution is -0.160. The van der Waals surface area contributed by atoms with E-state index in [-0.39, 0.29) is 18.7 Å². The van der Waals surface area contributed by atoms with E-state index in [1.807, 2.05) is 71.0 Å². The highest BCUT2D eigenvalue weighted by atomic mass is 16.6. The molecule has 1 fully saturated rings. The molecule has 1 aromatic rings. The molecular weight excluding hydrogens is 354 g/mol. The second kappa shape index (κ2) is 9.26. The van der Waals surface area contributed by atoms with Crippen LogP contribution in [0.5, 0.6) is 0 Å². The Morgan fingerprint density at radius 3 is 2.25 bits per heavy atom. The van der Waals surface area contributed by atoms with E-state index in [4.69, 9.17) is 9.47 Å². The minimum absolute atomic E-state index is 0.128. The molecule has 0 atom stereocenters. The minimum atomic E-state index is -0.477. The van der Waals surface area contributed by atoms with E-state index in [9.17, 15) is 9.59 Å². The maximum absolute atomic E-state index is 12.5. The lowest BCUT2D eigenvalue weighted by Gasteiger charge is -2.30. The van der Waals surface area contributed by atoms with Gasteiger partial charge in [0.25, 0.3) is 0 Å². The number of carbonyl (C=O) groups excluding carboxylic acids is 2. The van der Waals surface area contributed by atoms with Gasteiger partial charge < -0.3 is 14.4 Å². The van der Waals surface area contributed by atoms with Gasteiger partial charge in [0.1, 0.15) is 12.2 Å². The summed E-state index contributed by atoms with van der Waals surface area (Å²) in [5, 5.41) is 0. The van der Waals surface area contributed by atoms with Crippen molar-refractivity contribution in [2.75, 3.05) is 13.1 Å². The Bertz CT molecular complexity index is 699. The first-order chi connectivity index (χ1) is 13.3. The van der Waals surface area contributed by atoms with Crippen molar-refractivity contribution in [2.24, 2.45) is 5.41 Å². The fourth-order valence-electron chi connectivity index (χ4n) is 3.24. The molecule has 1 amide bonds. The first-order valence-electron chi connectivity index (χ1n) is 10.2. The van der Waals surface area contributed by atoms with E-state index in [1.165, 1.54) is 0 Å². The maximum atomic E-state index is 12.5. The molecule has 1 aliphatic carbocycles. The first-order valence-corrected chi connectivity index (χ1v) is 10.2. The highest BCUT2D eigenvalue weighted by Crippen LogP contribution is 2.55. The number of nitrogens with zero attached hydrogens (tertiary/aromatic N) is 1. The predicted molar refractivity (Wildman–Crippen MR) is 110 cm³/mol. The first kappa shape index (κ1) is 22.0. The number of carbonyl (C=O) groups is 2. The van der Waals surface area contributed by atoms with E-state index < -0.39 is 11.0 Å². The molecule has 0 saturated heterocycles. The largest absolute Gasteiger partial charge is 0.459 e. The second-order valence-corrected chi connectivity index (χ2v) is 8.05. The summed E-state index contributed by atoms with van der Waals surface area (Å²) in [6.07, 6.45) is 4.06. The van der Waals surface area contributed by atoms with Crippen LogP contribution in [0.1, 0.15) is 59.4 Å². The van der Waals surface area contributed by atoms with E-state index in [2.05, 4.69) is 0 Å². The molecule has 3 rings (SSSR count). The third-order valence-corrected chi connectivity index (χ3v) is 4.83. The molecular formula is C23H33NO4. The molecule has 0 bridgehead atoms. The molecule has 5 heteroatoms. The van der Waals surface area contributed by atoms with E-state index in [0.29, 0.717) is 19.5 Å². The monoisotopic (exact) mass is 387 g/mol. The van der Waals surface area contributed by atoms with Gasteiger partial charge in [-0.25, -0.2) is 4.79 Å². The van der Waals surface area contributed by atoms with E-state index in [1.54, 1.807) is 4.90 Å². The highest BCUT2D eigenvalue weighted by Gasteiger charge is 2.55. The molecule has 0 N–H and O–H groups in total. The summed E-state index contributed by atoms with van der Waals surface area (Å²) >= 11 is 0. The van der Waals surface area contributed by atoms with Gasteiger partial charge in [-0.15, -0.1) is 0 Å². The fourth-order valence-corrected chi connectivity index (χ4v) is 3.24. The number of benzene rings is 1. The van der Waals surface area contributed by atoms with Gasteiger partial charge in [0.05, 0.1) is 5.41 Å². The fraction of sp³-hybridized carbons (Fsp3) is 0.565. The lowest BCUT2D eigenvalue weighted by Crippen LogP contribution is -2.38. The molecule has 5 nitrogen and oxygen atoms in total. The number of rotatable bonds is 4. The topological polar surface area (TPSA) is 55.8 Å². The average Bonchev–Trinajstić information content (AvgIpc) is 3.49. The minimum Gasteiger partial charge on any atom is -0.459 e. The van der Waals surface area contributed by atoms with Crippen LogP contribution in [0.25, 0.3) is 0 Å². The molecule has 0 spiro atoms. The Morgan fingerprint density at radius 1 is 1.11 bits per heavy atom. The third-order valence-electron chi connectivity index (χ3n) is 4.83. The molecule has 1 aliphatic heterocycles. The van der Waals surface area contributed by atoms with Gasteiger partial charge in [0.15, 0.2) is 0 Å². The van der Waals surface area contributed by atoms with Gasteiger partial charge in [-0.05, 0) is 45.6 Å². The Kier molecular flexibility index (Phi) is 7.28. The molecule has 0 aromatic heterocycles. The van der Waals surface area contributed by atoms with Gasteiger partial charge in [0.2, 0.25) is 0 Å². The zero-order chi connectivity index (χ0) is 20.8. The van der Waals surface area contributed by atoms with Crippen molar-refractivity contribution in [2.45, 2.75) is 66.1 Å². The Balaban J connectivity index is 0.00000136. The van der Waals surface area contributed by atoms with Crippen LogP contribution >= 0.6 is 0 Å². The van der Waals surface area contributed by atoms with Crippen LogP contribution in [0.2, 0.25) is 0 Å². The molecule has 2 aliphatic rings. The van der Waals surface area contributed by atoms with Crippen molar-refractivity contribution in [1.82, 2.24) is 4.90 Å². The van der Waals surface area contributed by atoms with Crippen molar-refractivity contribution in [1.29, 1.82) is 0 Å². The molecule has 0 radical (unpaired) electrons. The van der Waals surface area contributed by atoms with Crippen LogP contribution in [0.3, 0.4) is 0 Å². The predicted octanol–water partition coefficient (Wildman–Crippen LogP) is 5.10. The Morgan fingerprint density at radius 2 is 1.75 bits per heavy atom. The van der Waals surface area contributed by atoms with E-state index >= 15 is 0 Å². The van der Waals surface area contributed by atoms with Gasteiger partial charge in [-0.3, -0.25) is 4.79 Å². The second-order valence-electron chi connectivity index (χ2n) is 8.05. The van der Waals surface area contributed by atoms with Crippen molar-refractivity contribution >= 4 is 12.1 Å². The van der Waals surface area contributed by atoms with Crippen molar-refractivity contribution in [3.63, 3.8) is 0 Å². The standard InChI is InChI=1S/C21H27NO4.C2H6/c1-20(2,3)26-18(23)21(11-12-21)17-9-13-22(14-10-17)19(24)25-15-16-7-5-4-6-8-16;1-2/h4-9H,10-15H2,1-3H3;1-2H3. The highest BCUT2D eigenvalue weighted by molar-refractivity contribution is 5.84. The molecule has 1 aromatic carbocycles. The summed E-state index contributed by atoms with van der Waals surface area (Å²) in [6, 6.07) is 9.63. The quantitative estimate of drug-likeness (QED) is 0.532. The van der Waals surface area contributed by atoms with Crippen LogP contribution in [-0.4, -0.2) is 35.7 Å². The SMILES string of the molecule is CC.CC(C)(C)OC(=O)C1(C2=CCN(C(=O)OCc3ccccc3)CC2)CC1. The Labute approximate surface area is 168 Å². The third kappa shape index (κ3) is 5.60. The van der Waals surface area contributed by atoms with Gasteiger partial charge in [0, 0.05) is 13.1 Å². The normalized spacial score (nSPS) is 17.6. The van der Waals surface area contributed by atoms with Gasteiger partial charge in [-0.1, -0.05) is 55.8 Å². The summed E-state index contributed by atoms with van der Waals surface area (Å²) in [7, 11) is 0. The lowest BCUT2D eigenvalue weighted by atomic mass is 9.90. The summed E-state index contributed by atoms with van der Waals surface area (Å²) in [6.45, 7) is 11.0. The summed E-state index contributed by atoms with van der Waals surface area (Å²) in [5.41, 5.74) is 1.15. The van der Waals surface area contributed by atoms with Gasteiger partial charge >= 0.3 is 12.1 Å². The maximum Gasteiger partial charge on any atom is 0.410 e. The van der Waals surface area contributed by atoms with Crippen LogP contribution in [0, 0.1) is 5.41 Å². The average molecular weight is 388 g/mol. The molecule has 1 heterocycles. The van der Waals surface area contributed by atoms with Crippen molar-refractivity contribution in [3.8, 4) is 0 Å². The zero-order valence-electron chi connectivity index (χ0n) is 17.8. The van der Waals surface area contributed by atoms with Crippen molar-refractivity contribution < 1.29 is 19.1 Å². The van der Waals surface area contributed by atoms with Crippen LogP contribution < -0.4 is 0 Å². The summed E-state index contributed by atoms with van der Waals surface area (Å²) in [4.78, 5) is 26.5. The number of amides is 1. The smallest absolute Gasteiger partial charge is 0.410 e. The summed E-state index contributed by atoms with van der Waals surface area (Å²) < 4.78 is 11.0. The number of hydrogen-bond donors (Lipinski definition) is 0. The number of hydrogen-bond acceptors (Lipinski definition) is 4. The van der Waals surface area contributed by atoms with Crippen LogP contribution in [-0.2, 0) is 20.9 Å². The van der Waals surface area contributed by atoms with E-state index in [0.717, 1.165) is 24.0 Å². The molecule has 0 unspecified atom stereocenters. The molecule has 154 valence electrons. The Hall–Kier alpha value is -2.30. The van der Waals surface area contributed by atoms with Crippen LogP contribution in [0.15, 0.2) is 42.0 Å². The van der Waals surface area contributed by atoms with Crippen LogP contribution in [0.4, 0.5) is 4.79 Å². The zero-order valence-corrected chi connectivity index (χ0v) is 17.8. The number of esters is 1. The molecule has 28 heavy (non-hydrogen) atoms. The van der Waals surface area contributed by atoms with Crippen molar-refractivity contribution in [3.05, 3.63) is 47.5 Å². The van der Waals surface area contributed by atoms with Gasteiger partial charge in [-0.2, -0.15) is 0 Å².